The maximum absolute atomic E-state index is 11.4. The molecule has 0 radical (unpaired) electrons. The summed E-state index contributed by atoms with van der Waals surface area (Å²) >= 11 is 0. The third-order valence-corrected chi connectivity index (χ3v) is 2.12. The predicted octanol–water partition coefficient (Wildman–Crippen LogP) is 1.13. The van der Waals surface area contributed by atoms with Crippen molar-refractivity contribution in [2.24, 2.45) is 0 Å². The molecule has 0 aliphatic carbocycles. The van der Waals surface area contributed by atoms with Crippen molar-refractivity contribution in [3.8, 4) is 5.75 Å². The average Bonchev–Trinajstić information content (AvgIpc) is 2.73. The van der Waals surface area contributed by atoms with Crippen LogP contribution in [0.4, 0.5) is 0 Å². The molecule has 15 heavy (non-hydrogen) atoms. The van der Waals surface area contributed by atoms with Gasteiger partial charge in [-0.15, -0.1) is 0 Å². The Balaban J connectivity index is 2.64. The van der Waals surface area contributed by atoms with E-state index in [1.165, 1.54) is 14.2 Å². The molecule has 0 aromatic carbocycles. The summed E-state index contributed by atoms with van der Waals surface area (Å²) < 4.78 is 11.5. The number of imidazole rings is 1. The highest BCUT2D eigenvalue weighted by molar-refractivity contribution is 5.92. The Morgan fingerprint density at radius 3 is 2.93 bits per heavy atom. The van der Waals surface area contributed by atoms with Crippen molar-refractivity contribution in [2.75, 3.05) is 14.2 Å². The molecule has 0 spiro atoms. The highest BCUT2D eigenvalue weighted by atomic mass is 16.5. The molecule has 0 amide bonds. The van der Waals surface area contributed by atoms with Crippen LogP contribution in [0.2, 0.25) is 0 Å². The number of rotatable bonds is 2. The SMILES string of the molecule is COC(=O)c1cn2ccnc2cc1OC. The lowest BCUT2D eigenvalue weighted by Gasteiger charge is -2.07. The van der Waals surface area contributed by atoms with Crippen LogP contribution in [0.1, 0.15) is 10.4 Å². The largest absolute Gasteiger partial charge is 0.496 e. The summed E-state index contributed by atoms with van der Waals surface area (Å²) in [6.07, 6.45) is 5.03. The number of nitrogens with zero attached hydrogens (tertiary/aromatic N) is 2. The first kappa shape index (κ1) is 9.51. The summed E-state index contributed by atoms with van der Waals surface area (Å²) in [4.78, 5) is 15.5. The van der Waals surface area contributed by atoms with Crippen LogP contribution in [0.25, 0.3) is 5.65 Å². The molecule has 0 fully saturated rings. The van der Waals surface area contributed by atoms with Gasteiger partial charge in [-0.3, -0.25) is 0 Å². The fourth-order valence-corrected chi connectivity index (χ4v) is 1.38. The van der Waals surface area contributed by atoms with Crippen molar-refractivity contribution < 1.29 is 14.3 Å². The van der Waals surface area contributed by atoms with Crippen LogP contribution in [0.5, 0.6) is 5.75 Å². The molecular formula is C10H10N2O3. The Hall–Kier alpha value is -2.04. The molecule has 0 atom stereocenters. The number of fused-ring (bicyclic) bond motifs is 1. The number of carbonyl (C=O) groups excluding carboxylic acids is 1. The molecule has 0 bridgehead atoms. The summed E-state index contributed by atoms with van der Waals surface area (Å²) in [6, 6.07) is 1.69. The quantitative estimate of drug-likeness (QED) is 0.691. The Labute approximate surface area is 86.3 Å². The van der Waals surface area contributed by atoms with Gasteiger partial charge >= 0.3 is 5.97 Å². The number of pyridine rings is 1. The predicted molar refractivity (Wildman–Crippen MR) is 53.1 cm³/mol. The van der Waals surface area contributed by atoms with Crippen molar-refractivity contribution >= 4 is 11.6 Å². The maximum atomic E-state index is 11.4. The number of ether oxygens (including phenoxy) is 2. The van der Waals surface area contributed by atoms with E-state index in [1.54, 1.807) is 29.1 Å². The van der Waals surface area contributed by atoms with Crippen molar-refractivity contribution in [2.45, 2.75) is 0 Å². The van der Waals surface area contributed by atoms with Crippen LogP contribution in [-0.4, -0.2) is 29.6 Å². The highest BCUT2D eigenvalue weighted by Crippen LogP contribution is 2.20. The smallest absolute Gasteiger partial charge is 0.343 e. The Kier molecular flexibility index (Phi) is 2.29. The molecule has 0 aliphatic heterocycles. The standard InChI is InChI=1S/C10H10N2O3/c1-14-8-5-9-11-3-4-12(9)6-7(8)10(13)15-2/h3-6H,1-2H3. The molecule has 0 saturated carbocycles. The van der Waals surface area contributed by atoms with E-state index in [4.69, 9.17) is 4.74 Å². The van der Waals surface area contributed by atoms with E-state index in [9.17, 15) is 4.79 Å². The first-order valence-electron chi connectivity index (χ1n) is 4.35. The average molecular weight is 206 g/mol. The first-order valence-corrected chi connectivity index (χ1v) is 4.35. The number of esters is 1. The van der Waals surface area contributed by atoms with Gasteiger partial charge in [-0.1, -0.05) is 0 Å². The zero-order chi connectivity index (χ0) is 10.8. The van der Waals surface area contributed by atoms with Crippen LogP contribution in [-0.2, 0) is 4.74 Å². The minimum absolute atomic E-state index is 0.380. The monoisotopic (exact) mass is 206 g/mol. The molecule has 2 heterocycles. The van der Waals surface area contributed by atoms with Crippen LogP contribution in [0, 0.1) is 0 Å². The second-order valence-electron chi connectivity index (χ2n) is 2.94. The third-order valence-electron chi connectivity index (χ3n) is 2.12. The second kappa shape index (κ2) is 3.61. The summed E-state index contributed by atoms with van der Waals surface area (Å²) in [5.74, 6) is 0.0306. The normalized spacial score (nSPS) is 10.3. The molecule has 0 saturated heterocycles. The fraction of sp³-hybridized carbons (Fsp3) is 0.200. The lowest BCUT2D eigenvalue weighted by molar-refractivity contribution is 0.0596. The molecule has 0 N–H and O–H groups in total. The minimum atomic E-state index is -0.428. The van der Waals surface area contributed by atoms with Gasteiger partial charge in [0.2, 0.25) is 0 Å². The van der Waals surface area contributed by atoms with Crippen molar-refractivity contribution in [1.29, 1.82) is 0 Å². The fourth-order valence-electron chi connectivity index (χ4n) is 1.38. The van der Waals surface area contributed by atoms with E-state index < -0.39 is 5.97 Å². The summed E-state index contributed by atoms with van der Waals surface area (Å²) in [5, 5.41) is 0. The maximum Gasteiger partial charge on any atom is 0.343 e. The van der Waals surface area contributed by atoms with E-state index in [1.807, 2.05) is 0 Å². The van der Waals surface area contributed by atoms with E-state index in [0.29, 0.717) is 11.3 Å². The summed E-state index contributed by atoms with van der Waals surface area (Å²) in [5.41, 5.74) is 1.10. The molecule has 2 aromatic rings. The molecule has 2 rings (SSSR count). The number of hydrogen-bond donors (Lipinski definition) is 0. The van der Waals surface area contributed by atoms with Crippen LogP contribution < -0.4 is 4.74 Å². The molecule has 2 aromatic heterocycles. The van der Waals surface area contributed by atoms with E-state index in [-0.39, 0.29) is 0 Å². The first-order chi connectivity index (χ1) is 7.26. The van der Waals surface area contributed by atoms with Gasteiger partial charge in [-0.05, 0) is 0 Å². The Bertz CT molecular complexity index is 504. The van der Waals surface area contributed by atoms with Crippen molar-refractivity contribution in [3.63, 3.8) is 0 Å². The van der Waals surface area contributed by atoms with Crippen molar-refractivity contribution in [3.05, 3.63) is 30.2 Å². The van der Waals surface area contributed by atoms with E-state index >= 15 is 0 Å². The minimum Gasteiger partial charge on any atom is -0.496 e. The number of aromatic nitrogens is 2. The van der Waals surface area contributed by atoms with Gasteiger partial charge in [0, 0.05) is 24.7 Å². The molecule has 5 nitrogen and oxygen atoms in total. The van der Waals surface area contributed by atoms with Crippen LogP contribution >= 0.6 is 0 Å². The second-order valence-corrected chi connectivity index (χ2v) is 2.94. The lowest BCUT2D eigenvalue weighted by atomic mass is 10.2. The number of hydrogen-bond acceptors (Lipinski definition) is 4. The molecule has 0 aliphatic rings. The van der Waals surface area contributed by atoms with Crippen LogP contribution in [0.15, 0.2) is 24.7 Å². The zero-order valence-corrected chi connectivity index (χ0v) is 8.43. The summed E-state index contributed by atoms with van der Waals surface area (Å²) in [6.45, 7) is 0. The van der Waals surface area contributed by atoms with Gasteiger partial charge in [0.25, 0.3) is 0 Å². The van der Waals surface area contributed by atoms with Gasteiger partial charge in [0.05, 0.1) is 14.2 Å². The van der Waals surface area contributed by atoms with Gasteiger partial charge in [0.15, 0.2) is 0 Å². The van der Waals surface area contributed by atoms with Gasteiger partial charge < -0.3 is 13.9 Å². The van der Waals surface area contributed by atoms with Gasteiger partial charge in [-0.2, -0.15) is 0 Å². The zero-order valence-electron chi connectivity index (χ0n) is 8.43. The molecule has 78 valence electrons. The highest BCUT2D eigenvalue weighted by Gasteiger charge is 2.14. The number of methoxy groups -OCH3 is 2. The molecule has 0 unspecified atom stereocenters. The van der Waals surface area contributed by atoms with Crippen molar-refractivity contribution in [1.82, 2.24) is 9.38 Å². The Morgan fingerprint density at radius 1 is 1.47 bits per heavy atom. The van der Waals surface area contributed by atoms with Crippen LogP contribution in [0.3, 0.4) is 0 Å². The van der Waals surface area contributed by atoms with Gasteiger partial charge in [-0.25, -0.2) is 9.78 Å². The lowest BCUT2D eigenvalue weighted by Crippen LogP contribution is -2.05. The Morgan fingerprint density at radius 2 is 2.27 bits per heavy atom. The summed E-state index contributed by atoms with van der Waals surface area (Å²) in [7, 11) is 2.83. The third kappa shape index (κ3) is 1.52. The van der Waals surface area contributed by atoms with Gasteiger partial charge in [0.1, 0.15) is 17.0 Å². The molecular weight excluding hydrogens is 196 g/mol. The molecule has 5 heteroatoms. The topological polar surface area (TPSA) is 52.8 Å². The van der Waals surface area contributed by atoms with E-state index in [2.05, 4.69) is 9.72 Å². The number of carbonyl (C=O) groups is 1. The van der Waals surface area contributed by atoms with E-state index in [0.717, 1.165) is 5.65 Å².